The van der Waals surface area contributed by atoms with Gasteiger partial charge >= 0.3 is 11.7 Å². The van der Waals surface area contributed by atoms with E-state index in [-0.39, 0.29) is 23.6 Å². The number of aromatic nitrogens is 2. The number of nitro benzene ring substituents is 1. The minimum Gasteiger partial charge on any atom is -0.480 e. The number of para-hydroxylation sites is 1. The average molecular weight is 393 g/mol. The van der Waals surface area contributed by atoms with E-state index in [9.17, 15) is 14.9 Å². The molecule has 1 aliphatic carbocycles. The van der Waals surface area contributed by atoms with E-state index in [2.05, 4.69) is 4.74 Å². The average Bonchev–Trinajstić information content (AvgIpc) is 3.35. The van der Waals surface area contributed by atoms with Crippen molar-refractivity contribution in [1.29, 1.82) is 0 Å². The number of rotatable bonds is 6. The van der Waals surface area contributed by atoms with Gasteiger partial charge in [-0.15, -0.1) is 0 Å². The Morgan fingerprint density at radius 1 is 1.21 bits per heavy atom. The largest absolute Gasteiger partial charge is 0.480 e. The molecule has 148 valence electrons. The van der Waals surface area contributed by atoms with E-state index in [0.29, 0.717) is 0 Å². The summed E-state index contributed by atoms with van der Waals surface area (Å²) in [7, 11) is 1.22. The molecule has 3 aromatic rings. The molecule has 8 heteroatoms. The van der Waals surface area contributed by atoms with Gasteiger partial charge in [-0.3, -0.25) is 10.1 Å². The third-order valence-corrected chi connectivity index (χ3v) is 4.96. The van der Waals surface area contributed by atoms with Crippen LogP contribution in [-0.4, -0.2) is 27.8 Å². The van der Waals surface area contributed by atoms with Crippen LogP contribution in [0.1, 0.15) is 33.7 Å². The van der Waals surface area contributed by atoms with Gasteiger partial charge in [0.15, 0.2) is 5.75 Å². The molecule has 0 saturated carbocycles. The number of nitro groups is 1. The zero-order chi connectivity index (χ0) is 20.4. The molecule has 2 aromatic carbocycles. The van der Waals surface area contributed by atoms with Gasteiger partial charge in [-0.2, -0.15) is 5.10 Å². The van der Waals surface area contributed by atoms with Crippen LogP contribution >= 0.6 is 0 Å². The molecule has 0 radical (unpaired) electrons. The van der Waals surface area contributed by atoms with E-state index >= 15 is 0 Å². The molecule has 1 aliphatic rings. The fourth-order valence-corrected chi connectivity index (χ4v) is 3.59. The first-order chi connectivity index (χ1) is 14.1. The van der Waals surface area contributed by atoms with E-state index in [1.165, 1.54) is 19.2 Å². The number of hydrogen-bond acceptors (Lipinski definition) is 6. The highest BCUT2D eigenvalue weighted by Crippen LogP contribution is 2.31. The fraction of sp³-hybridized carbons (Fsp3) is 0.238. The summed E-state index contributed by atoms with van der Waals surface area (Å²) in [5, 5.41) is 16.1. The van der Waals surface area contributed by atoms with E-state index in [1.54, 1.807) is 0 Å². The zero-order valence-electron chi connectivity index (χ0n) is 15.8. The van der Waals surface area contributed by atoms with Crippen LogP contribution < -0.4 is 4.74 Å². The molecule has 0 amide bonds. The topological polar surface area (TPSA) is 96.5 Å². The SMILES string of the molecule is COC(=O)c1ccc(OCc2nn(-c3ccccc3)c3c2CCC3)c([N+](=O)[O-])c1. The smallest absolute Gasteiger partial charge is 0.338 e. The molecular weight excluding hydrogens is 374 g/mol. The third-order valence-electron chi connectivity index (χ3n) is 4.96. The Morgan fingerprint density at radius 2 is 2.00 bits per heavy atom. The predicted octanol–water partition coefficient (Wildman–Crippen LogP) is 3.63. The number of esters is 1. The van der Waals surface area contributed by atoms with Crippen molar-refractivity contribution < 1.29 is 19.2 Å². The van der Waals surface area contributed by atoms with Gasteiger partial charge in [-0.1, -0.05) is 18.2 Å². The number of hydrogen-bond donors (Lipinski definition) is 0. The first-order valence-corrected chi connectivity index (χ1v) is 9.23. The van der Waals surface area contributed by atoms with Crippen molar-refractivity contribution in [2.45, 2.75) is 25.9 Å². The quantitative estimate of drug-likeness (QED) is 0.360. The molecule has 0 saturated heterocycles. The van der Waals surface area contributed by atoms with Crippen LogP contribution in [0.15, 0.2) is 48.5 Å². The van der Waals surface area contributed by atoms with Gasteiger partial charge in [0, 0.05) is 17.3 Å². The molecular formula is C21H19N3O5. The molecule has 0 bridgehead atoms. The molecule has 0 atom stereocenters. The van der Waals surface area contributed by atoms with Gasteiger partial charge in [-0.25, -0.2) is 9.48 Å². The summed E-state index contributed by atoms with van der Waals surface area (Å²) >= 11 is 0. The predicted molar refractivity (Wildman–Crippen MR) is 104 cm³/mol. The highest BCUT2D eigenvalue weighted by molar-refractivity contribution is 5.90. The van der Waals surface area contributed by atoms with Crippen LogP contribution in [0.3, 0.4) is 0 Å². The van der Waals surface area contributed by atoms with Crippen LogP contribution in [0.5, 0.6) is 5.75 Å². The first-order valence-electron chi connectivity index (χ1n) is 9.23. The standard InChI is InChI=1S/C21H19N3O5/c1-28-21(25)14-10-11-20(19(12-14)24(26)27)29-13-17-16-8-5-9-18(16)23(22-17)15-6-3-2-4-7-15/h2-4,6-7,10-12H,5,8-9,13H2,1H3. The summed E-state index contributed by atoms with van der Waals surface area (Å²) < 4.78 is 12.3. The number of ether oxygens (including phenoxy) is 2. The highest BCUT2D eigenvalue weighted by atomic mass is 16.6. The lowest BCUT2D eigenvalue weighted by Crippen LogP contribution is -2.06. The molecule has 1 aromatic heterocycles. The van der Waals surface area contributed by atoms with Crippen molar-refractivity contribution in [3.63, 3.8) is 0 Å². The van der Waals surface area contributed by atoms with Crippen molar-refractivity contribution in [1.82, 2.24) is 9.78 Å². The molecule has 1 heterocycles. The lowest BCUT2D eigenvalue weighted by Gasteiger charge is -2.08. The minimum atomic E-state index is -0.640. The van der Waals surface area contributed by atoms with E-state index in [4.69, 9.17) is 9.84 Å². The Kier molecular flexibility index (Phi) is 4.99. The maximum Gasteiger partial charge on any atom is 0.338 e. The van der Waals surface area contributed by atoms with Gasteiger partial charge in [-0.05, 0) is 43.5 Å². The number of carbonyl (C=O) groups is 1. The van der Waals surface area contributed by atoms with Crippen LogP contribution in [0.25, 0.3) is 5.69 Å². The Bertz CT molecular complexity index is 1080. The van der Waals surface area contributed by atoms with E-state index in [1.807, 2.05) is 35.0 Å². The Balaban J connectivity index is 1.62. The van der Waals surface area contributed by atoms with Crippen molar-refractivity contribution in [3.8, 4) is 11.4 Å². The maximum atomic E-state index is 11.6. The number of benzene rings is 2. The second kappa shape index (κ2) is 7.75. The second-order valence-electron chi connectivity index (χ2n) is 6.69. The Morgan fingerprint density at radius 3 is 2.72 bits per heavy atom. The van der Waals surface area contributed by atoms with Gasteiger partial charge in [0.2, 0.25) is 0 Å². The summed E-state index contributed by atoms with van der Waals surface area (Å²) in [5.41, 5.74) is 3.86. The molecule has 4 rings (SSSR count). The van der Waals surface area contributed by atoms with Crippen LogP contribution in [-0.2, 0) is 24.2 Å². The third kappa shape index (κ3) is 3.56. The van der Waals surface area contributed by atoms with Crippen LogP contribution in [0, 0.1) is 10.1 Å². The van der Waals surface area contributed by atoms with Crippen LogP contribution in [0.2, 0.25) is 0 Å². The first kappa shape index (κ1) is 18.7. The van der Waals surface area contributed by atoms with Crippen molar-refractivity contribution >= 4 is 11.7 Å². The summed E-state index contributed by atoms with van der Waals surface area (Å²) in [6, 6.07) is 13.9. The monoisotopic (exact) mass is 393 g/mol. The number of carbonyl (C=O) groups excluding carboxylic acids is 1. The van der Waals surface area contributed by atoms with Crippen molar-refractivity contribution in [2.75, 3.05) is 7.11 Å². The molecule has 0 N–H and O–H groups in total. The maximum absolute atomic E-state index is 11.6. The molecule has 0 fully saturated rings. The lowest BCUT2D eigenvalue weighted by molar-refractivity contribution is -0.386. The highest BCUT2D eigenvalue weighted by Gasteiger charge is 2.25. The summed E-state index contributed by atoms with van der Waals surface area (Å²) in [6.45, 7) is 0.112. The van der Waals surface area contributed by atoms with Gasteiger partial charge in [0.25, 0.3) is 0 Å². The molecule has 29 heavy (non-hydrogen) atoms. The minimum absolute atomic E-state index is 0.0867. The lowest BCUT2D eigenvalue weighted by atomic mass is 10.2. The Labute approximate surface area is 166 Å². The summed E-state index contributed by atoms with van der Waals surface area (Å²) in [4.78, 5) is 22.5. The molecule has 0 aliphatic heterocycles. The van der Waals surface area contributed by atoms with Gasteiger partial charge in [0.05, 0.1) is 23.3 Å². The van der Waals surface area contributed by atoms with Gasteiger partial charge in [0.1, 0.15) is 12.3 Å². The number of methoxy groups -OCH3 is 1. The summed E-state index contributed by atoms with van der Waals surface area (Å²) in [5.74, 6) is -0.553. The van der Waals surface area contributed by atoms with E-state index in [0.717, 1.165) is 48.0 Å². The van der Waals surface area contributed by atoms with Crippen LogP contribution in [0.4, 0.5) is 5.69 Å². The second-order valence-corrected chi connectivity index (χ2v) is 6.69. The fourth-order valence-electron chi connectivity index (χ4n) is 3.59. The summed E-state index contributed by atoms with van der Waals surface area (Å²) in [6.07, 6.45) is 2.89. The zero-order valence-corrected chi connectivity index (χ0v) is 15.8. The molecule has 0 spiro atoms. The number of nitrogens with zero attached hydrogens (tertiary/aromatic N) is 3. The number of fused-ring (bicyclic) bond motifs is 1. The van der Waals surface area contributed by atoms with E-state index < -0.39 is 10.9 Å². The normalized spacial score (nSPS) is 12.4. The van der Waals surface area contributed by atoms with Crippen molar-refractivity contribution in [2.24, 2.45) is 0 Å². The molecule has 0 unspecified atom stereocenters. The van der Waals surface area contributed by atoms with Gasteiger partial charge < -0.3 is 9.47 Å². The van der Waals surface area contributed by atoms with Crippen molar-refractivity contribution in [3.05, 3.63) is 81.2 Å². The Hall–Kier alpha value is -3.68. The molecule has 8 nitrogen and oxygen atoms in total.